The van der Waals surface area contributed by atoms with Crippen LogP contribution in [0.2, 0.25) is 5.02 Å². The van der Waals surface area contributed by atoms with Crippen molar-refractivity contribution in [1.29, 1.82) is 0 Å². The zero-order valence-corrected chi connectivity index (χ0v) is 19.4. The lowest BCUT2D eigenvalue weighted by Gasteiger charge is -2.35. The second-order valence-electron chi connectivity index (χ2n) is 9.58. The third-order valence-electron chi connectivity index (χ3n) is 4.59. The van der Waals surface area contributed by atoms with E-state index < -0.39 is 47.2 Å². The number of ether oxygens (including phenoxy) is 2. The molecule has 1 aliphatic heterocycles. The predicted octanol–water partition coefficient (Wildman–Crippen LogP) is 3.11. The maximum Gasteiger partial charge on any atom is 0.408 e. The first-order valence-electron chi connectivity index (χ1n) is 9.98. The Balaban J connectivity index is 2.19. The van der Waals surface area contributed by atoms with Crippen molar-refractivity contribution in [2.24, 2.45) is 5.41 Å². The number of likely N-dealkylation sites (tertiary alicyclic amines) is 1. The molecule has 9 nitrogen and oxygen atoms in total. The number of carbonyl (C=O) groups is 3. The number of carboxylic acids is 1. The highest BCUT2D eigenvalue weighted by Crippen LogP contribution is 2.28. The summed E-state index contributed by atoms with van der Waals surface area (Å²) >= 11 is 5.82. The van der Waals surface area contributed by atoms with Crippen molar-refractivity contribution >= 4 is 29.6 Å². The second-order valence-corrected chi connectivity index (χ2v) is 10.0. The fourth-order valence-electron chi connectivity index (χ4n) is 3.20. The molecule has 1 fully saturated rings. The zero-order valence-electron chi connectivity index (χ0n) is 18.6. The van der Waals surface area contributed by atoms with Crippen molar-refractivity contribution in [1.82, 2.24) is 15.2 Å². The molecule has 1 aromatic heterocycles. The minimum absolute atomic E-state index is 0.0443. The number of alkyl carbamates (subject to hydrolysis) is 1. The highest BCUT2D eigenvalue weighted by molar-refractivity contribution is 6.30. The van der Waals surface area contributed by atoms with Gasteiger partial charge >= 0.3 is 12.1 Å². The fourth-order valence-corrected chi connectivity index (χ4v) is 3.31. The lowest BCUT2D eigenvalue weighted by molar-refractivity contribution is -0.150. The molecule has 1 aromatic rings. The van der Waals surface area contributed by atoms with Crippen molar-refractivity contribution in [2.75, 3.05) is 6.54 Å². The Morgan fingerprint density at radius 3 is 2.35 bits per heavy atom. The van der Waals surface area contributed by atoms with Gasteiger partial charge in [-0.2, -0.15) is 0 Å². The van der Waals surface area contributed by atoms with E-state index in [1.807, 2.05) is 0 Å². The molecule has 2 N–H and O–H groups in total. The van der Waals surface area contributed by atoms with Crippen LogP contribution in [0.5, 0.6) is 5.88 Å². The van der Waals surface area contributed by atoms with Crippen LogP contribution >= 0.6 is 11.6 Å². The number of rotatable bonds is 5. The van der Waals surface area contributed by atoms with Gasteiger partial charge in [0, 0.05) is 18.7 Å². The lowest BCUT2D eigenvalue weighted by Crippen LogP contribution is -2.57. The highest BCUT2D eigenvalue weighted by Gasteiger charge is 2.46. The summed E-state index contributed by atoms with van der Waals surface area (Å²) in [6.45, 7) is 10.5. The van der Waals surface area contributed by atoms with Gasteiger partial charge in [-0.15, -0.1) is 0 Å². The first-order valence-corrected chi connectivity index (χ1v) is 10.4. The van der Waals surface area contributed by atoms with Gasteiger partial charge in [0.2, 0.25) is 11.8 Å². The number of halogens is 1. The largest absolute Gasteiger partial charge is 0.480 e. The Kier molecular flexibility index (Phi) is 7.41. The average molecular weight is 456 g/mol. The Bertz CT molecular complexity index is 816. The summed E-state index contributed by atoms with van der Waals surface area (Å²) in [5.41, 5.74) is -1.43. The van der Waals surface area contributed by atoms with Gasteiger partial charge in [-0.05, 0) is 32.3 Å². The van der Waals surface area contributed by atoms with E-state index in [1.165, 1.54) is 11.1 Å². The molecule has 0 unspecified atom stereocenters. The minimum Gasteiger partial charge on any atom is -0.480 e. The number of pyridine rings is 1. The van der Waals surface area contributed by atoms with E-state index in [-0.39, 0.29) is 18.8 Å². The van der Waals surface area contributed by atoms with Crippen molar-refractivity contribution in [3.63, 3.8) is 0 Å². The van der Waals surface area contributed by atoms with Crippen molar-refractivity contribution in [2.45, 2.75) is 71.8 Å². The third-order valence-corrected chi connectivity index (χ3v) is 4.82. The van der Waals surface area contributed by atoms with Gasteiger partial charge in [0.15, 0.2) is 0 Å². The molecular weight excluding hydrogens is 426 g/mol. The fraction of sp³-hybridized carbons (Fsp3) is 0.619. The van der Waals surface area contributed by atoms with E-state index >= 15 is 0 Å². The molecule has 1 aliphatic rings. The summed E-state index contributed by atoms with van der Waals surface area (Å²) in [6.07, 6.45) is 0.198. The molecule has 31 heavy (non-hydrogen) atoms. The maximum atomic E-state index is 13.4. The monoisotopic (exact) mass is 455 g/mol. The number of aromatic nitrogens is 1. The predicted molar refractivity (Wildman–Crippen MR) is 114 cm³/mol. The zero-order chi connectivity index (χ0) is 23.6. The van der Waals surface area contributed by atoms with E-state index in [9.17, 15) is 19.5 Å². The molecule has 2 amide bonds. The number of amides is 2. The summed E-state index contributed by atoms with van der Waals surface area (Å²) in [4.78, 5) is 42.8. The molecule has 0 aliphatic carbocycles. The van der Waals surface area contributed by atoms with Crippen LogP contribution in [0.25, 0.3) is 0 Å². The van der Waals surface area contributed by atoms with Gasteiger partial charge < -0.3 is 24.8 Å². The van der Waals surface area contributed by atoms with E-state index in [0.29, 0.717) is 5.02 Å². The smallest absolute Gasteiger partial charge is 0.408 e. The van der Waals surface area contributed by atoms with Gasteiger partial charge in [-0.25, -0.2) is 14.6 Å². The summed E-state index contributed by atoms with van der Waals surface area (Å²) in [5, 5.41) is 12.7. The Morgan fingerprint density at radius 1 is 1.23 bits per heavy atom. The summed E-state index contributed by atoms with van der Waals surface area (Å²) in [5.74, 6) is -1.37. The van der Waals surface area contributed by atoms with Gasteiger partial charge in [-0.3, -0.25) is 4.79 Å². The number of carbonyl (C=O) groups excluding carboxylic acids is 2. The first-order chi connectivity index (χ1) is 14.2. The normalized spacial score (nSPS) is 20.2. The quantitative estimate of drug-likeness (QED) is 0.700. The van der Waals surface area contributed by atoms with Gasteiger partial charge in [0.25, 0.3) is 0 Å². The molecule has 0 aromatic carbocycles. The first kappa shape index (κ1) is 24.7. The molecule has 2 rings (SSSR count). The van der Waals surface area contributed by atoms with Gasteiger partial charge in [0.1, 0.15) is 23.8 Å². The molecule has 10 heteroatoms. The topological polar surface area (TPSA) is 118 Å². The number of nitrogens with one attached hydrogen (secondary N) is 1. The number of nitrogens with zero attached hydrogens (tertiary/aromatic N) is 2. The highest BCUT2D eigenvalue weighted by atomic mass is 35.5. The third kappa shape index (κ3) is 6.99. The van der Waals surface area contributed by atoms with Crippen LogP contribution in [-0.2, 0) is 14.3 Å². The summed E-state index contributed by atoms with van der Waals surface area (Å²) in [7, 11) is 0. The van der Waals surface area contributed by atoms with E-state index in [1.54, 1.807) is 53.7 Å². The van der Waals surface area contributed by atoms with Gasteiger partial charge in [-0.1, -0.05) is 32.4 Å². The Labute approximate surface area is 187 Å². The van der Waals surface area contributed by atoms with Crippen LogP contribution in [0.15, 0.2) is 18.3 Å². The second kappa shape index (κ2) is 9.30. The Hall–Kier alpha value is -2.55. The lowest BCUT2D eigenvalue weighted by atomic mass is 9.85. The number of hydrogen-bond donors (Lipinski definition) is 2. The molecule has 0 bridgehead atoms. The van der Waals surface area contributed by atoms with E-state index in [4.69, 9.17) is 21.1 Å². The molecule has 2 heterocycles. The van der Waals surface area contributed by atoms with Crippen LogP contribution in [0.3, 0.4) is 0 Å². The minimum atomic E-state index is -1.14. The van der Waals surface area contributed by atoms with Crippen LogP contribution in [0, 0.1) is 5.41 Å². The molecule has 3 atom stereocenters. The van der Waals surface area contributed by atoms with Crippen LogP contribution in [-0.4, -0.2) is 63.3 Å². The van der Waals surface area contributed by atoms with Crippen molar-refractivity contribution in [3.8, 4) is 5.88 Å². The molecule has 0 spiro atoms. The van der Waals surface area contributed by atoms with Gasteiger partial charge in [0.05, 0.1) is 11.6 Å². The summed E-state index contributed by atoms with van der Waals surface area (Å²) in [6, 6.07) is 1.10. The molecule has 0 radical (unpaired) electrons. The van der Waals surface area contributed by atoms with E-state index in [0.717, 1.165) is 0 Å². The number of hydrogen-bond acceptors (Lipinski definition) is 6. The van der Waals surface area contributed by atoms with Crippen LogP contribution < -0.4 is 10.1 Å². The maximum absolute atomic E-state index is 13.4. The standard InChI is InChI=1S/C21H30ClN3O6/c1-20(2,3)16(24-19(29)31-21(4,5)6)17(26)25-11-13(9-14(25)18(27)28)30-15-8-7-12(22)10-23-15/h7-8,10,13-14,16H,9,11H2,1-6H3,(H,24,29)(H,27,28)/t13-,14+,16-/m1/s1. The average Bonchev–Trinajstić information content (AvgIpc) is 3.03. The molecule has 0 saturated carbocycles. The van der Waals surface area contributed by atoms with Crippen LogP contribution in [0.4, 0.5) is 4.79 Å². The summed E-state index contributed by atoms with van der Waals surface area (Å²) < 4.78 is 11.0. The van der Waals surface area contributed by atoms with E-state index in [2.05, 4.69) is 10.3 Å². The van der Waals surface area contributed by atoms with Crippen LogP contribution in [0.1, 0.15) is 48.0 Å². The molecular formula is C21H30ClN3O6. The SMILES string of the molecule is CC(C)(C)OC(=O)N[C@H](C(=O)N1C[C@H](Oc2ccc(Cl)cn2)C[C@H]1C(=O)O)C(C)(C)C. The molecule has 1 saturated heterocycles. The van der Waals surface area contributed by atoms with Crippen molar-refractivity contribution in [3.05, 3.63) is 23.4 Å². The number of aliphatic carboxylic acids is 1. The van der Waals surface area contributed by atoms with Crippen molar-refractivity contribution < 1.29 is 29.0 Å². The Morgan fingerprint density at radius 2 is 1.87 bits per heavy atom. The number of carboxylic acid groups (broad SMARTS) is 1. The molecule has 172 valence electrons.